The van der Waals surface area contributed by atoms with Crippen LogP contribution in [0, 0.1) is 23.2 Å². The molecule has 2 heteroatoms. The molecule has 4 aliphatic rings. The van der Waals surface area contributed by atoms with Crippen LogP contribution < -0.4 is 0 Å². The average Bonchev–Trinajstić information content (AvgIpc) is 2.24. The summed E-state index contributed by atoms with van der Waals surface area (Å²) >= 11 is 0. The molecule has 2 nitrogen and oxygen atoms in total. The van der Waals surface area contributed by atoms with E-state index in [0.29, 0.717) is 11.3 Å². The Balaban J connectivity index is 1.64. The number of hydrogen-bond acceptors (Lipinski definition) is 1. The first kappa shape index (κ1) is 11.6. The van der Waals surface area contributed by atoms with Gasteiger partial charge in [-0.05, 0) is 68.1 Å². The number of amides is 1. The minimum absolute atomic E-state index is 0.320. The molecule has 0 atom stereocenters. The maximum absolute atomic E-state index is 11.8. The highest BCUT2D eigenvalue weighted by atomic mass is 16.2. The highest BCUT2D eigenvalue weighted by Crippen LogP contribution is 2.61. The van der Waals surface area contributed by atoms with Crippen molar-refractivity contribution in [2.24, 2.45) is 23.2 Å². The van der Waals surface area contributed by atoms with Gasteiger partial charge in [-0.15, -0.1) is 0 Å². The topological polar surface area (TPSA) is 20.3 Å². The first-order valence-corrected chi connectivity index (χ1v) is 7.26. The SMILES string of the molecule is CN(C)C(=O)CCC12CC3CC(CC(C3)C1)C2. The fraction of sp³-hybridized carbons (Fsp3) is 0.933. The molecule has 0 aromatic rings. The van der Waals surface area contributed by atoms with Gasteiger partial charge in [-0.25, -0.2) is 0 Å². The van der Waals surface area contributed by atoms with Crippen LogP contribution in [0.25, 0.3) is 0 Å². The third-order valence-corrected chi connectivity index (χ3v) is 5.53. The van der Waals surface area contributed by atoms with Crippen molar-refractivity contribution in [1.82, 2.24) is 4.90 Å². The van der Waals surface area contributed by atoms with Gasteiger partial charge in [0.2, 0.25) is 5.91 Å². The molecule has 0 aromatic heterocycles. The van der Waals surface area contributed by atoms with Crippen LogP contribution >= 0.6 is 0 Å². The molecule has 96 valence electrons. The van der Waals surface area contributed by atoms with E-state index in [0.717, 1.165) is 30.6 Å². The Hall–Kier alpha value is -0.530. The zero-order valence-corrected chi connectivity index (χ0v) is 11.2. The molecule has 4 rings (SSSR count). The maximum Gasteiger partial charge on any atom is 0.222 e. The van der Waals surface area contributed by atoms with Gasteiger partial charge in [0.05, 0.1) is 0 Å². The van der Waals surface area contributed by atoms with Crippen molar-refractivity contribution in [1.29, 1.82) is 0 Å². The van der Waals surface area contributed by atoms with E-state index in [2.05, 4.69) is 0 Å². The number of carbonyl (C=O) groups excluding carboxylic acids is 1. The smallest absolute Gasteiger partial charge is 0.222 e. The average molecular weight is 235 g/mol. The molecule has 1 amide bonds. The summed E-state index contributed by atoms with van der Waals surface area (Å²) < 4.78 is 0. The first-order chi connectivity index (χ1) is 8.06. The summed E-state index contributed by atoms with van der Waals surface area (Å²) in [5.41, 5.74) is 0.570. The normalized spacial score (nSPS) is 42.8. The molecule has 4 bridgehead atoms. The molecule has 0 spiro atoms. The summed E-state index contributed by atoms with van der Waals surface area (Å²) in [5.74, 6) is 3.35. The van der Waals surface area contributed by atoms with E-state index in [1.165, 1.54) is 38.5 Å². The lowest BCUT2D eigenvalue weighted by molar-refractivity contribution is -0.131. The van der Waals surface area contributed by atoms with E-state index in [4.69, 9.17) is 0 Å². The van der Waals surface area contributed by atoms with Crippen LogP contribution in [0.4, 0.5) is 0 Å². The van der Waals surface area contributed by atoms with Crippen molar-refractivity contribution in [3.05, 3.63) is 0 Å². The Bertz CT molecular complexity index is 286. The summed E-state index contributed by atoms with van der Waals surface area (Å²) in [6, 6.07) is 0. The highest BCUT2D eigenvalue weighted by Gasteiger charge is 2.50. The second-order valence-electron chi connectivity index (χ2n) is 7.21. The zero-order chi connectivity index (χ0) is 12.0. The zero-order valence-electron chi connectivity index (χ0n) is 11.2. The third kappa shape index (κ3) is 2.11. The largest absolute Gasteiger partial charge is 0.349 e. The summed E-state index contributed by atoms with van der Waals surface area (Å²) in [6.07, 6.45) is 10.7. The second-order valence-corrected chi connectivity index (χ2v) is 7.21. The van der Waals surface area contributed by atoms with E-state index < -0.39 is 0 Å². The van der Waals surface area contributed by atoms with Gasteiger partial charge in [-0.2, -0.15) is 0 Å². The fourth-order valence-electron chi connectivity index (χ4n) is 5.19. The number of rotatable bonds is 3. The predicted octanol–water partition coefficient (Wildman–Crippen LogP) is 3.07. The molecule has 0 unspecified atom stereocenters. The quantitative estimate of drug-likeness (QED) is 0.736. The van der Waals surface area contributed by atoms with Crippen LogP contribution in [0.3, 0.4) is 0 Å². The molecule has 0 saturated heterocycles. The Morgan fingerprint density at radius 3 is 1.94 bits per heavy atom. The van der Waals surface area contributed by atoms with Crippen molar-refractivity contribution in [3.8, 4) is 0 Å². The lowest BCUT2D eigenvalue weighted by Gasteiger charge is -2.57. The van der Waals surface area contributed by atoms with Crippen LogP contribution in [0.5, 0.6) is 0 Å². The van der Waals surface area contributed by atoms with E-state index in [-0.39, 0.29) is 0 Å². The van der Waals surface area contributed by atoms with E-state index in [9.17, 15) is 4.79 Å². The lowest BCUT2D eigenvalue weighted by Crippen LogP contribution is -2.46. The van der Waals surface area contributed by atoms with E-state index in [1.807, 2.05) is 14.1 Å². The number of carbonyl (C=O) groups is 1. The van der Waals surface area contributed by atoms with Gasteiger partial charge in [0, 0.05) is 20.5 Å². The van der Waals surface area contributed by atoms with E-state index in [1.54, 1.807) is 4.90 Å². The lowest BCUT2D eigenvalue weighted by atomic mass is 9.48. The van der Waals surface area contributed by atoms with Gasteiger partial charge < -0.3 is 4.90 Å². The minimum Gasteiger partial charge on any atom is -0.349 e. The maximum atomic E-state index is 11.8. The van der Waals surface area contributed by atoms with Gasteiger partial charge in [0.15, 0.2) is 0 Å². The van der Waals surface area contributed by atoms with Crippen molar-refractivity contribution < 1.29 is 4.79 Å². The summed E-state index contributed by atoms with van der Waals surface area (Å²) in [7, 11) is 3.75. The molecular weight excluding hydrogens is 210 g/mol. The Kier molecular flexibility index (Phi) is 2.72. The van der Waals surface area contributed by atoms with Crippen LogP contribution in [-0.2, 0) is 4.79 Å². The molecule has 4 fully saturated rings. The first-order valence-electron chi connectivity index (χ1n) is 7.26. The highest BCUT2D eigenvalue weighted by molar-refractivity contribution is 5.75. The fourth-order valence-corrected chi connectivity index (χ4v) is 5.19. The van der Waals surface area contributed by atoms with Crippen LogP contribution in [0.15, 0.2) is 0 Å². The summed E-state index contributed by atoms with van der Waals surface area (Å²) in [6.45, 7) is 0. The molecule has 17 heavy (non-hydrogen) atoms. The molecule has 0 N–H and O–H groups in total. The van der Waals surface area contributed by atoms with Crippen LogP contribution in [0.2, 0.25) is 0 Å². The summed E-state index contributed by atoms with van der Waals surface area (Å²) in [4.78, 5) is 13.5. The molecule has 0 radical (unpaired) electrons. The van der Waals surface area contributed by atoms with Crippen molar-refractivity contribution >= 4 is 5.91 Å². The van der Waals surface area contributed by atoms with Crippen molar-refractivity contribution in [2.75, 3.05) is 14.1 Å². The molecule has 4 aliphatic carbocycles. The summed E-state index contributed by atoms with van der Waals surface area (Å²) in [5, 5.41) is 0. The standard InChI is InChI=1S/C15H25NO/c1-16(2)14(17)3-4-15-8-11-5-12(9-15)7-13(6-11)10-15/h11-13H,3-10H2,1-2H3. The van der Waals surface area contributed by atoms with Crippen molar-refractivity contribution in [3.63, 3.8) is 0 Å². The Labute approximate surface area is 105 Å². The van der Waals surface area contributed by atoms with E-state index >= 15 is 0 Å². The monoisotopic (exact) mass is 235 g/mol. The second kappa shape index (κ2) is 4.00. The predicted molar refractivity (Wildman–Crippen MR) is 68.5 cm³/mol. The van der Waals surface area contributed by atoms with Gasteiger partial charge >= 0.3 is 0 Å². The molecule has 4 saturated carbocycles. The van der Waals surface area contributed by atoms with Crippen LogP contribution in [-0.4, -0.2) is 24.9 Å². The van der Waals surface area contributed by atoms with Gasteiger partial charge in [-0.1, -0.05) is 0 Å². The molecular formula is C15H25NO. The molecule has 0 aromatic carbocycles. The Morgan fingerprint density at radius 2 is 1.53 bits per heavy atom. The minimum atomic E-state index is 0.320. The number of hydrogen-bond donors (Lipinski definition) is 0. The van der Waals surface area contributed by atoms with Crippen LogP contribution in [0.1, 0.15) is 51.4 Å². The van der Waals surface area contributed by atoms with Gasteiger partial charge in [0.1, 0.15) is 0 Å². The van der Waals surface area contributed by atoms with Gasteiger partial charge in [-0.3, -0.25) is 4.79 Å². The van der Waals surface area contributed by atoms with Gasteiger partial charge in [0.25, 0.3) is 0 Å². The molecule has 0 heterocycles. The van der Waals surface area contributed by atoms with Crippen molar-refractivity contribution in [2.45, 2.75) is 51.4 Å². The Morgan fingerprint density at radius 1 is 1.06 bits per heavy atom. The third-order valence-electron chi connectivity index (χ3n) is 5.53. The molecule has 0 aliphatic heterocycles. The number of nitrogens with zero attached hydrogens (tertiary/aromatic N) is 1.